The first-order valence-corrected chi connectivity index (χ1v) is 14.1. The first-order valence-electron chi connectivity index (χ1n) is 7.30. The van der Waals surface area contributed by atoms with Crippen molar-refractivity contribution in [2.75, 3.05) is 13.2 Å². The molecule has 0 radical (unpaired) electrons. The van der Waals surface area contributed by atoms with E-state index in [4.69, 9.17) is 30.9 Å². The Bertz CT molecular complexity index is 864. The molecule has 19 heteroatoms. The molecule has 0 fully saturated rings. The first-order chi connectivity index (χ1) is 13.5. The number of aromatic nitrogens is 2. The van der Waals surface area contributed by atoms with E-state index in [1.54, 1.807) is 22.7 Å². The van der Waals surface area contributed by atoms with Crippen molar-refractivity contribution >= 4 is 63.7 Å². The second-order valence-corrected chi connectivity index (χ2v) is 13.3. The Morgan fingerprint density at radius 2 is 2.14 bits per heavy atom. The molecule has 29 heavy (non-hydrogen) atoms. The van der Waals surface area contributed by atoms with Crippen molar-refractivity contribution in [2.24, 2.45) is 14.9 Å². The van der Waals surface area contributed by atoms with Gasteiger partial charge in [0.2, 0.25) is 0 Å². The van der Waals surface area contributed by atoms with Crippen molar-refractivity contribution in [1.29, 1.82) is 0 Å². The summed E-state index contributed by atoms with van der Waals surface area (Å²) in [7, 11) is -10.1. The fourth-order valence-corrected chi connectivity index (χ4v) is 7.07. The van der Waals surface area contributed by atoms with Crippen LogP contribution in [0.4, 0.5) is 5.82 Å². The Balaban J connectivity index is 2.57. The van der Waals surface area contributed by atoms with Crippen LogP contribution in [0, 0.1) is 9.81 Å². The van der Waals surface area contributed by atoms with Crippen LogP contribution in [0.3, 0.4) is 0 Å². The van der Waals surface area contributed by atoms with Crippen LogP contribution >= 0.6 is 33.8 Å². The number of hydrogen-bond donors (Lipinski definition) is 3. The minimum Gasteiger partial charge on any atom is -0.358 e. The van der Waals surface area contributed by atoms with Gasteiger partial charge in [0.05, 0.1) is 24.5 Å². The quantitative estimate of drug-likeness (QED) is 0.109. The van der Waals surface area contributed by atoms with Crippen LogP contribution < -0.4 is 0 Å². The zero-order valence-electron chi connectivity index (χ0n) is 14.7. The van der Waals surface area contributed by atoms with Gasteiger partial charge in [-0.25, -0.2) is 18.9 Å². The molecule has 0 bridgehead atoms. The third kappa shape index (κ3) is 8.87. The highest BCUT2D eigenvalue weighted by atomic mass is 32.9. The maximum atomic E-state index is 11.9. The van der Waals surface area contributed by atoms with Crippen LogP contribution in [0.5, 0.6) is 0 Å². The smallest absolute Gasteiger partial charge is 0.358 e. The molecule has 1 aromatic heterocycles. The van der Waals surface area contributed by atoms with Gasteiger partial charge in [0, 0.05) is 6.21 Å². The Labute approximate surface area is 175 Å². The van der Waals surface area contributed by atoms with Gasteiger partial charge < -0.3 is 9.26 Å². The molecule has 1 aromatic rings. The van der Waals surface area contributed by atoms with Crippen molar-refractivity contribution in [2.45, 2.75) is 13.7 Å². The van der Waals surface area contributed by atoms with Crippen molar-refractivity contribution in [1.82, 2.24) is 9.55 Å². The molecular formula is C10H17N5O9P3S2+. The lowest BCUT2D eigenvalue weighted by molar-refractivity contribution is 0.0559. The summed E-state index contributed by atoms with van der Waals surface area (Å²) < 4.78 is 32.5. The summed E-state index contributed by atoms with van der Waals surface area (Å²) in [6.07, 6.45) is 4.61. The lowest BCUT2D eigenvalue weighted by atomic mass is 10.4. The SMILES string of the molecule is C=Cc1ncn(COCCOP(=S)(S)OP(=O)(N=O)O[P+](O)(O)N=O)c1N=CC. The maximum Gasteiger partial charge on any atom is 0.599 e. The minimum atomic E-state index is -5.09. The number of ether oxygens (including phenoxy) is 1. The molecule has 0 amide bonds. The minimum absolute atomic E-state index is 0.0360. The van der Waals surface area contributed by atoms with Gasteiger partial charge in [0.25, 0.3) is 5.69 Å². The standard InChI is InChI=1S/C10H16N5O9P3S2/c1-3-9-10(11-4-2)15(7-12-9)8-21-5-6-22-27(28,29)24-26(20,14-17)23-25(18,19)13-16/h3-4,7,18-19H,1,5-6,8H2,2H3/p+1. The molecule has 1 heterocycles. The Hall–Kier alpha value is -0.760. The Morgan fingerprint density at radius 1 is 1.45 bits per heavy atom. The molecule has 162 valence electrons. The topological polar surface area (TPSA) is 183 Å². The summed E-state index contributed by atoms with van der Waals surface area (Å²) in [5.74, 6) is 0.532. The zero-order chi connectivity index (χ0) is 22.1. The summed E-state index contributed by atoms with van der Waals surface area (Å²) >= 11 is 8.63. The first kappa shape index (κ1) is 26.3. The molecular weight excluding hydrogens is 491 g/mol. The Morgan fingerprint density at radius 3 is 2.69 bits per heavy atom. The fourth-order valence-electron chi connectivity index (χ4n) is 1.62. The summed E-state index contributed by atoms with van der Waals surface area (Å²) in [5, 5.41) is 0. The summed E-state index contributed by atoms with van der Waals surface area (Å²) in [6.45, 7) is 5.18. The predicted octanol–water partition coefficient (Wildman–Crippen LogP) is 3.73. The van der Waals surface area contributed by atoms with E-state index in [0.29, 0.717) is 11.5 Å². The molecule has 0 aromatic carbocycles. The van der Waals surface area contributed by atoms with Gasteiger partial charge in [-0.05, 0) is 29.1 Å². The van der Waals surface area contributed by atoms with Crippen LogP contribution in [-0.2, 0) is 41.0 Å². The molecule has 0 saturated carbocycles. The molecule has 2 N–H and O–H groups in total. The summed E-state index contributed by atoms with van der Waals surface area (Å²) in [6, 6.07) is 0. The van der Waals surface area contributed by atoms with Gasteiger partial charge in [-0.1, -0.05) is 23.7 Å². The van der Waals surface area contributed by atoms with E-state index in [0.717, 1.165) is 0 Å². The van der Waals surface area contributed by atoms with Crippen LogP contribution in [0.2, 0.25) is 0 Å². The number of thiol groups is 1. The normalized spacial score (nSPS) is 16.3. The van der Waals surface area contributed by atoms with Gasteiger partial charge >= 0.3 is 15.8 Å². The van der Waals surface area contributed by atoms with E-state index >= 15 is 0 Å². The average molecular weight is 508 g/mol. The highest BCUT2D eigenvalue weighted by Gasteiger charge is 2.53. The van der Waals surface area contributed by atoms with Gasteiger partial charge in [-0.15, -0.1) is 4.91 Å². The average Bonchev–Trinajstić information content (AvgIpc) is 3.02. The molecule has 1 rings (SSSR count). The summed E-state index contributed by atoms with van der Waals surface area (Å²) in [4.78, 5) is 50.9. The van der Waals surface area contributed by atoms with E-state index in [1.807, 2.05) is 4.95 Å². The lowest BCUT2D eigenvalue weighted by Gasteiger charge is -2.17. The van der Waals surface area contributed by atoms with E-state index in [-0.39, 0.29) is 19.9 Å². The number of aliphatic imine (C=N–C) groups is 1. The van der Waals surface area contributed by atoms with Crippen molar-refractivity contribution in [3.8, 4) is 0 Å². The fraction of sp³-hybridized carbons (Fsp3) is 0.400. The van der Waals surface area contributed by atoms with Crippen LogP contribution in [-0.4, -0.2) is 38.8 Å². The van der Waals surface area contributed by atoms with E-state index in [1.165, 1.54) is 12.4 Å². The second-order valence-electron chi connectivity index (χ2n) is 4.66. The number of nitroso groups, excluding NO2 is 2. The summed E-state index contributed by atoms with van der Waals surface area (Å²) in [5.41, 5.74) is -3.13. The van der Waals surface area contributed by atoms with E-state index in [9.17, 15) is 14.4 Å². The van der Waals surface area contributed by atoms with Gasteiger partial charge in [0.1, 0.15) is 12.4 Å². The number of imidazole rings is 1. The molecule has 0 spiro atoms. The molecule has 0 saturated heterocycles. The lowest BCUT2D eigenvalue weighted by Crippen LogP contribution is -2.07. The van der Waals surface area contributed by atoms with Crippen LogP contribution in [0.15, 0.2) is 27.8 Å². The molecule has 2 unspecified atom stereocenters. The Kier molecular flexibility index (Phi) is 10.5. The number of rotatable bonds is 14. The second kappa shape index (κ2) is 11.6. The van der Waals surface area contributed by atoms with Crippen molar-refractivity contribution in [3.05, 3.63) is 28.4 Å². The maximum absolute atomic E-state index is 11.9. The highest BCUT2D eigenvalue weighted by Crippen LogP contribution is 2.75. The van der Waals surface area contributed by atoms with Crippen molar-refractivity contribution in [3.63, 3.8) is 0 Å². The zero-order valence-corrected chi connectivity index (χ0v) is 19.1. The molecule has 0 aliphatic carbocycles. The molecule has 14 nitrogen and oxygen atoms in total. The molecule has 0 aliphatic rings. The number of nitrogens with zero attached hydrogens (tertiary/aromatic N) is 5. The molecule has 2 atom stereocenters. The van der Waals surface area contributed by atoms with Gasteiger partial charge in [0.15, 0.2) is 10.8 Å². The van der Waals surface area contributed by atoms with Crippen LogP contribution in [0.25, 0.3) is 6.08 Å². The highest BCUT2D eigenvalue weighted by molar-refractivity contribution is 8.60. The van der Waals surface area contributed by atoms with Crippen LogP contribution in [0.1, 0.15) is 12.6 Å². The predicted molar refractivity (Wildman–Crippen MR) is 114 cm³/mol. The molecule has 0 aliphatic heterocycles. The van der Waals surface area contributed by atoms with Crippen molar-refractivity contribution < 1.29 is 32.2 Å². The van der Waals surface area contributed by atoms with E-state index < -0.39 is 21.5 Å². The number of hydrogen-bond acceptors (Lipinski definition) is 13. The van der Waals surface area contributed by atoms with Gasteiger partial charge in [-0.2, -0.15) is 9.79 Å². The monoisotopic (exact) mass is 508 g/mol. The third-order valence-corrected chi connectivity index (χ3v) is 8.81. The van der Waals surface area contributed by atoms with E-state index in [2.05, 4.69) is 37.4 Å². The largest absolute Gasteiger partial charge is 0.599 e. The third-order valence-electron chi connectivity index (χ3n) is 2.62. The van der Waals surface area contributed by atoms with Gasteiger partial charge in [-0.3, -0.25) is 4.57 Å².